The van der Waals surface area contributed by atoms with Crippen molar-refractivity contribution in [3.8, 4) is 0 Å². The molecule has 5 heteroatoms. The summed E-state index contributed by atoms with van der Waals surface area (Å²) in [6.07, 6.45) is 4.64. The molecular formula is C14H21NO4. The molecule has 0 saturated heterocycles. The van der Waals surface area contributed by atoms with Gasteiger partial charge in [0.15, 0.2) is 0 Å². The maximum atomic E-state index is 12.6. The van der Waals surface area contributed by atoms with Gasteiger partial charge in [0, 0.05) is 7.05 Å². The van der Waals surface area contributed by atoms with Gasteiger partial charge in [-0.05, 0) is 32.1 Å². The minimum atomic E-state index is -0.898. The van der Waals surface area contributed by atoms with E-state index < -0.39 is 23.3 Å². The van der Waals surface area contributed by atoms with E-state index in [2.05, 4.69) is 0 Å². The van der Waals surface area contributed by atoms with Crippen molar-refractivity contribution in [2.45, 2.75) is 25.8 Å². The fraction of sp³-hybridized carbons (Fsp3) is 0.714. The summed E-state index contributed by atoms with van der Waals surface area (Å²) in [5, 5.41) is 18.7. The van der Waals surface area contributed by atoms with E-state index in [0.29, 0.717) is 0 Å². The molecule has 0 heterocycles. The van der Waals surface area contributed by atoms with Crippen LogP contribution in [-0.2, 0) is 9.59 Å². The van der Waals surface area contributed by atoms with E-state index >= 15 is 0 Å². The first kappa shape index (κ1) is 14.1. The third-order valence-corrected chi connectivity index (χ3v) is 4.66. The Labute approximate surface area is 112 Å². The molecule has 106 valence electrons. The summed E-state index contributed by atoms with van der Waals surface area (Å²) in [4.78, 5) is 25.5. The van der Waals surface area contributed by atoms with Crippen LogP contribution in [0.1, 0.15) is 20.3 Å². The summed E-state index contributed by atoms with van der Waals surface area (Å²) >= 11 is 0. The van der Waals surface area contributed by atoms with E-state index in [9.17, 15) is 19.8 Å². The number of likely N-dealkylation sites (N-methyl/N-ethyl adjacent to an activating group) is 1. The Bertz CT molecular complexity index is 429. The van der Waals surface area contributed by atoms with Crippen LogP contribution in [-0.4, -0.2) is 46.2 Å². The summed E-state index contributed by atoms with van der Waals surface area (Å²) in [5.74, 6) is -2.20. The topological polar surface area (TPSA) is 77.8 Å². The number of aliphatic carboxylic acids is 1. The van der Waals surface area contributed by atoms with Crippen molar-refractivity contribution in [3.05, 3.63) is 12.2 Å². The predicted molar refractivity (Wildman–Crippen MR) is 69.3 cm³/mol. The monoisotopic (exact) mass is 267 g/mol. The van der Waals surface area contributed by atoms with E-state index in [0.717, 1.165) is 6.42 Å². The number of fused-ring (bicyclic) bond motifs is 2. The van der Waals surface area contributed by atoms with Crippen molar-refractivity contribution in [1.82, 2.24) is 4.90 Å². The van der Waals surface area contributed by atoms with Crippen LogP contribution in [0.25, 0.3) is 0 Å². The lowest BCUT2D eigenvalue weighted by molar-refractivity contribution is -0.153. The minimum Gasteiger partial charge on any atom is -0.481 e. The first-order chi connectivity index (χ1) is 8.79. The number of aliphatic hydroxyl groups excluding tert-OH is 1. The maximum absolute atomic E-state index is 12.6. The number of allylic oxidation sites excluding steroid dienone is 2. The van der Waals surface area contributed by atoms with E-state index in [1.165, 1.54) is 4.90 Å². The second-order valence-corrected chi connectivity index (χ2v) is 6.21. The van der Waals surface area contributed by atoms with Gasteiger partial charge in [0.2, 0.25) is 5.91 Å². The highest BCUT2D eigenvalue weighted by Crippen LogP contribution is 2.49. The number of aliphatic hydroxyl groups is 1. The largest absolute Gasteiger partial charge is 0.481 e. The molecule has 1 fully saturated rings. The summed E-state index contributed by atoms with van der Waals surface area (Å²) in [6, 6.07) is 0. The van der Waals surface area contributed by atoms with Gasteiger partial charge in [-0.3, -0.25) is 9.59 Å². The second kappa shape index (κ2) is 4.63. The van der Waals surface area contributed by atoms with Gasteiger partial charge < -0.3 is 15.1 Å². The average Bonchev–Trinajstić information content (AvgIpc) is 2.96. The van der Waals surface area contributed by atoms with E-state index in [1.807, 2.05) is 12.2 Å². The molecule has 1 saturated carbocycles. The lowest BCUT2D eigenvalue weighted by Gasteiger charge is -2.38. The Hall–Kier alpha value is -1.36. The zero-order chi connectivity index (χ0) is 14.4. The molecule has 2 rings (SSSR count). The fourth-order valence-electron chi connectivity index (χ4n) is 3.12. The molecule has 2 aliphatic rings. The number of amides is 1. The van der Waals surface area contributed by atoms with Gasteiger partial charge in [-0.15, -0.1) is 0 Å². The fourth-order valence-corrected chi connectivity index (χ4v) is 3.12. The van der Waals surface area contributed by atoms with Crippen molar-refractivity contribution < 1.29 is 19.8 Å². The van der Waals surface area contributed by atoms with Crippen molar-refractivity contribution >= 4 is 11.9 Å². The van der Waals surface area contributed by atoms with Gasteiger partial charge in [0.1, 0.15) is 0 Å². The maximum Gasteiger partial charge on any atom is 0.307 e. The third kappa shape index (κ3) is 2.16. The lowest BCUT2D eigenvalue weighted by atomic mass is 9.81. The Morgan fingerprint density at radius 2 is 1.79 bits per heavy atom. The highest BCUT2D eigenvalue weighted by atomic mass is 16.4. The van der Waals surface area contributed by atoms with E-state index in [-0.39, 0.29) is 24.3 Å². The molecule has 0 radical (unpaired) electrons. The molecule has 2 aliphatic carbocycles. The number of carboxylic acids is 1. The predicted octanol–water partition coefficient (Wildman–Crippen LogP) is 0.739. The van der Waals surface area contributed by atoms with Gasteiger partial charge >= 0.3 is 5.97 Å². The minimum absolute atomic E-state index is 0.0237. The zero-order valence-corrected chi connectivity index (χ0v) is 11.5. The number of carbonyl (C=O) groups is 2. The van der Waals surface area contributed by atoms with Crippen molar-refractivity contribution in [2.75, 3.05) is 13.7 Å². The van der Waals surface area contributed by atoms with Crippen LogP contribution >= 0.6 is 0 Å². The molecule has 2 unspecified atom stereocenters. The molecule has 0 spiro atoms. The highest BCUT2D eigenvalue weighted by Gasteiger charge is 2.53. The van der Waals surface area contributed by atoms with Crippen LogP contribution in [0.5, 0.6) is 0 Å². The Morgan fingerprint density at radius 3 is 2.26 bits per heavy atom. The molecule has 19 heavy (non-hydrogen) atoms. The van der Waals surface area contributed by atoms with Crippen LogP contribution in [0.15, 0.2) is 12.2 Å². The molecule has 4 atom stereocenters. The molecule has 0 aromatic rings. The Balaban J connectivity index is 2.23. The molecule has 2 bridgehead atoms. The summed E-state index contributed by atoms with van der Waals surface area (Å²) in [5.41, 5.74) is -0.675. The van der Waals surface area contributed by atoms with Crippen LogP contribution in [0.3, 0.4) is 0 Å². The van der Waals surface area contributed by atoms with Gasteiger partial charge in [0.25, 0.3) is 0 Å². The standard InChI is InChI=1S/C14H21NO4/c1-14(2,7-16)15(3)12(17)10-8-4-5-9(6-8)11(10)13(18)19/h4-5,8-11,16H,6-7H2,1-3H3,(H,18,19)/t8?,9?,10-,11+/m0/s1. The van der Waals surface area contributed by atoms with Gasteiger partial charge in [0.05, 0.1) is 24.0 Å². The molecule has 2 N–H and O–H groups in total. The van der Waals surface area contributed by atoms with Crippen LogP contribution < -0.4 is 0 Å². The first-order valence-corrected chi connectivity index (χ1v) is 6.59. The van der Waals surface area contributed by atoms with Crippen LogP contribution in [0.2, 0.25) is 0 Å². The number of rotatable bonds is 4. The van der Waals surface area contributed by atoms with Gasteiger partial charge in [-0.1, -0.05) is 12.2 Å². The zero-order valence-electron chi connectivity index (χ0n) is 11.5. The Kier molecular flexibility index (Phi) is 3.43. The molecular weight excluding hydrogens is 246 g/mol. The van der Waals surface area contributed by atoms with E-state index in [4.69, 9.17) is 0 Å². The number of carbonyl (C=O) groups excluding carboxylic acids is 1. The number of hydrogen-bond acceptors (Lipinski definition) is 3. The first-order valence-electron chi connectivity index (χ1n) is 6.59. The lowest BCUT2D eigenvalue weighted by Crippen LogP contribution is -2.52. The molecule has 5 nitrogen and oxygen atoms in total. The smallest absolute Gasteiger partial charge is 0.307 e. The quantitative estimate of drug-likeness (QED) is 0.736. The van der Waals surface area contributed by atoms with Crippen molar-refractivity contribution in [2.24, 2.45) is 23.7 Å². The second-order valence-electron chi connectivity index (χ2n) is 6.21. The number of carboxylic acid groups (broad SMARTS) is 1. The molecule has 0 aromatic carbocycles. The van der Waals surface area contributed by atoms with Gasteiger partial charge in [-0.2, -0.15) is 0 Å². The SMILES string of the molecule is CN(C(=O)[C@H]1C2C=CC(C2)[C@H]1C(=O)O)C(C)(C)CO. The highest BCUT2D eigenvalue weighted by molar-refractivity contribution is 5.87. The third-order valence-electron chi connectivity index (χ3n) is 4.66. The molecule has 0 aromatic heterocycles. The van der Waals surface area contributed by atoms with E-state index in [1.54, 1.807) is 20.9 Å². The normalized spacial score (nSPS) is 32.6. The average molecular weight is 267 g/mol. The summed E-state index contributed by atoms with van der Waals surface area (Å²) in [6.45, 7) is 3.39. The summed E-state index contributed by atoms with van der Waals surface area (Å²) in [7, 11) is 1.63. The van der Waals surface area contributed by atoms with Crippen molar-refractivity contribution in [1.29, 1.82) is 0 Å². The number of nitrogens with zero attached hydrogens (tertiary/aromatic N) is 1. The van der Waals surface area contributed by atoms with Crippen LogP contribution in [0, 0.1) is 23.7 Å². The Morgan fingerprint density at radius 1 is 1.26 bits per heavy atom. The van der Waals surface area contributed by atoms with Gasteiger partial charge in [-0.25, -0.2) is 0 Å². The van der Waals surface area contributed by atoms with Crippen LogP contribution in [0.4, 0.5) is 0 Å². The molecule has 0 aliphatic heterocycles. The van der Waals surface area contributed by atoms with Crippen molar-refractivity contribution in [3.63, 3.8) is 0 Å². The number of hydrogen-bond donors (Lipinski definition) is 2. The molecule has 1 amide bonds. The summed E-state index contributed by atoms with van der Waals surface area (Å²) < 4.78 is 0.